The average Bonchev–Trinajstić information content (AvgIpc) is 2.76. The van der Waals surface area contributed by atoms with Gasteiger partial charge in [-0.05, 0) is 49.7 Å². The van der Waals surface area contributed by atoms with Gasteiger partial charge in [0.2, 0.25) is 15.9 Å². The van der Waals surface area contributed by atoms with Crippen molar-refractivity contribution in [3.05, 3.63) is 42.0 Å². The van der Waals surface area contributed by atoms with Crippen LogP contribution < -0.4 is 24.2 Å². The lowest BCUT2D eigenvalue weighted by molar-refractivity contribution is -0.124. The van der Waals surface area contributed by atoms with E-state index in [4.69, 9.17) is 14.2 Å². The Labute approximate surface area is 170 Å². The Morgan fingerprint density at radius 1 is 1.10 bits per heavy atom. The summed E-state index contributed by atoms with van der Waals surface area (Å²) in [6.07, 6.45) is 0. The molecule has 2 N–H and O–H groups in total. The van der Waals surface area contributed by atoms with Crippen molar-refractivity contribution in [1.29, 1.82) is 0 Å². The number of amides is 1. The van der Waals surface area contributed by atoms with Gasteiger partial charge in [-0.3, -0.25) is 9.52 Å². The second-order valence-corrected chi connectivity index (χ2v) is 9.11. The molecule has 2 aromatic rings. The standard InChI is InChI=1S/C20H24N2O6S/c1-20(2)12-28-16-8-6-14(10-15(16)21-19(20)23)22-29(24,25)11-13-5-7-17(26-3)18(9-13)27-4/h5-10,22H,11-12H2,1-4H3,(H,21,23). The fourth-order valence-corrected chi connectivity index (χ4v) is 4.01. The molecule has 0 saturated heterocycles. The first kappa shape index (κ1) is 20.8. The molecule has 0 fully saturated rings. The third-order valence-corrected chi connectivity index (χ3v) is 5.77. The van der Waals surface area contributed by atoms with Crippen LogP contribution in [0, 0.1) is 5.41 Å². The Kier molecular flexibility index (Phi) is 5.61. The monoisotopic (exact) mass is 420 g/mol. The van der Waals surface area contributed by atoms with Crippen molar-refractivity contribution in [3.63, 3.8) is 0 Å². The number of sulfonamides is 1. The SMILES string of the molecule is COc1ccc(CS(=O)(=O)Nc2ccc3c(c2)NC(=O)C(C)(C)CO3)cc1OC. The first-order chi connectivity index (χ1) is 13.6. The molecule has 0 spiro atoms. The summed E-state index contributed by atoms with van der Waals surface area (Å²) >= 11 is 0. The van der Waals surface area contributed by atoms with Crippen LogP contribution in [-0.2, 0) is 20.6 Å². The number of rotatable bonds is 6. The van der Waals surface area contributed by atoms with E-state index in [1.54, 1.807) is 50.2 Å². The maximum absolute atomic E-state index is 12.6. The summed E-state index contributed by atoms with van der Waals surface area (Å²) in [5.41, 5.74) is 0.606. The van der Waals surface area contributed by atoms with Gasteiger partial charge in [0.15, 0.2) is 11.5 Å². The molecule has 29 heavy (non-hydrogen) atoms. The van der Waals surface area contributed by atoms with E-state index in [0.29, 0.717) is 34.2 Å². The lowest BCUT2D eigenvalue weighted by Crippen LogP contribution is -2.33. The maximum Gasteiger partial charge on any atom is 0.236 e. The molecule has 0 radical (unpaired) electrons. The molecule has 0 aliphatic carbocycles. The quantitative estimate of drug-likeness (QED) is 0.745. The summed E-state index contributed by atoms with van der Waals surface area (Å²) in [6.45, 7) is 3.79. The zero-order chi connectivity index (χ0) is 21.2. The number of carbonyl (C=O) groups excluding carboxylic acids is 1. The largest absolute Gasteiger partial charge is 0.493 e. The van der Waals surface area contributed by atoms with Gasteiger partial charge in [-0.1, -0.05) is 6.07 Å². The lowest BCUT2D eigenvalue weighted by Gasteiger charge is -2.18. The van der Waals surface area contributed by atoms with Crippen LogP contribution in [0.25, 0.3) is 0 Å². The first-order valence-electron chi connectivity index (χ1n) is 8.93. The number of fused-ring (bicyclic) bond motifs is 1. The molecule has 0 aromatic heterocycles. The van der Waals surface area contributed by atoms with Crippen molar-refractivity contribution < 1.29 is 27.4 Å². The van der Waals surface area contributed by atoms with Crippen LogP contribution >= 0.6 is 0 Å². The molecule has 3 rings (SSSR count). The predicted octanol–water partition coefficient (Wildman–Crippen LogP) is 3.00. The first-order valence-corrected chi connectivity index (χ1v) is 10.6. The number of hydrogen-bond donors (Lipinski definition) is 2. The van der Waals surface area contributed by atoms with E-state index in [0.717, 1.165) is 0 Å². The summed E-state index contributed by atoms with van der Waals surface area (Å²) in [5.74, 6) is 1.02. The molecule has 156 valence electrons. The van der Waals surface area contributed by atoms with Gasteiger partial charge in [0.25, 0.3) is 0 Å². The van der Waals surface area contributed by atoms with Crippen LogP contribution in [0.3, 0.4) is 0 Å². The van der Waals surface area contributed by atoms with Crippen molar-refractivity contribution >= 4 is 27.3 Å². The zero-order valence-corrected chi connectivity index (χ0v) is 17.6. The number of benzene rings is 2. The topological polar surface area (TPSA) is 103 Å². The molecule has 1 aliphatic rings. The van der Waals surface area contributed by atoms with Crippen molar-refractivity contribution in [1.82, 2.24) is 0 Å². The summed E-state index contributed by atoms with van der Waals surface area (Å²) in [4.78, 5) is 12.3. The predicted molar refractivity (Wildman–Crippen MR) is 110 cm³/mol. The zero-order valence-electron chi connectivity index (χ0n) is 16.7. The number of methoxy groups -OCH3 is 2. The van der Waals surface area contributed by atoms with Gasteiger partial charge in [-0.25, -0.2) is 8.42 Å². The van der Waals surface area contributed by atoms with E-state index in [1.165, 1.54) is 14.2 Å². The lowest BCUT2D eigenvalue weighted by atomic mass is 9.94. The van der Waals surface area contributed by atoms with Crippen LogP contribution in [0.4, 0.5) is 11.4 Å². The van der Waals surface area contributed by atoms with E-state index in [2.05, 4.69) is 10.0 Å². The average molecular weight is 420 g/mol. The van der Waals surface area contributed by atoms with Crippen molar-refractivity contribution in [3.8, 4) is 17.2 Å². The second kappa shape index (κ2) is 7.82. The van der Waals surface area contributed by atoms with E-state index >= 15 is 0 Å². The smallest absolute Gasteiger partial charge is 0.236 e. The summed E-state index contributed by atoms with van der Waals surface area (Å²) in [5, 5.41) is 2.79. The third kappa shape index (κ3) is 4.73. The minimum Gasteiger partial charge on any atom is -0.493 e. The molecule has 8 nitrogen and oxygen atoms in total. The Balaban J connectivity index is 1.79. The second-order valence-electron chi connectivity index (χ2n) is 7.39. The molecular formula is C20H24N2O6S. The minimum atomic E-state index is -3.70. The normalized spacial score (nSPS) is 15.4. The van der Waals surface area contributed by atoms with Crippen LogP contribution in [0.5, 0.6) is 17.2 Å². The van der Waals surface area contributed by atoms with Crippen LogP contribution in [0.2, 0.25) is 0 Å². The van der Waals surface area contributed by atoms with Gasteiger partial charge >= 0.3 is 0 Å². The molecule has 0 bridgehead atoms. The van der Waals surface area contributed by atoms with Gasteiger partial charge in [0, 0.05) is 0 Å². The molecule has 0 unspecified atom stereocenters. The molecule has 0 saturated carbocycles. The maximum atomic E-state index is 12.6. The highest BCUT2D eigenvalue weighted by molar-refractivity contribution is 7.91. The van der Waals surface area contributed by atoms with E-state index in [1.807, 2.05) is 0 Å². The van der Waals surface area contributed by atoms with Crippen molar-refractivity contribution in [2.24, 2.45) is 5.41 Å². The highest BCUT2D eigenvalue weighted by Crippen LogP contribution is 2.34. The van der Waals surface area contributed by atoms with Gasteiger partial charge in [-0.2, -0.15) is 0 Å². The number of carbonyl (C=O) groups is 1. The van der Waals surface area contributed by atoms with Crippen LogP contribution in [-0.4, -0.2) is 35.2 Å². The minimum absolute atomic E-state index is 0.193. The van der Waals surface area contributed by atoms with Crippen LogP contribution in [0.15, 0.2) is 36.4 Å². The van der Waals surface area contributed by atoms with E-state index in [9.17, 15) is 13.2 Å². The highest BCUT2D eigenvalue weighted by atomic mass is 32.2. The molecule has 2 aromatic carbocycles. The van der Waals surface area contributed by atoms with Gasteiger partial charge < -0.3 is 19.5 Å². The Morgan fingerprint density at radius 3 is 2.52 bits per heavy atom. The number of hydrogen-bond acceptors (Lipinski definition) is 6. The molecule has 1 heterocycles. The molecular weight excluding hydrogens is 396 g/mol. The molecule has 0 atom stereocenters. The molecule has 9 heteroatoms. The van der Waals surface area contributed by atoms with Gasteiger partial charge in [0.05, 0.1) is 36.8 Å². The third-order valence-electron chi connectivity index (χ3n) is 4.51. The van der Waals surface area contributed by atoms with Gasteiger partial charge in [-0.15, -0.1) is 0 Å². The number of nitrogens with one attached hydrogen (secondary N) is 2. The van der Waals surface area contributed by atoms with E-state index in [-0.39, 0.29) is 18.3 Å². The van der Waals surface area contributed by atoms with Crippen LogP contribution in [0.1, 0.15) is 19.4 Å². The van der Waals surface area contributed by atoms with Crippen molar-refractivity contribution in [2.45, 2.75) is 19.6 Å². The van der Waals surface area contributed by atoms with E-state index < -0.39 is 15.4 Å². The van der Waals surface area contributed by atoms with Crippen molar-refractivity contribution in [2.75, 3.05) is 30.9 Å². The summed E-state index contributed by atoms with van der Waals surface area (Å²) in [6, 6.07) is 9.70. The van der Waals surface area contributed by atoms with Gasteiger partial charge in [0.1, 0.15) is 12.4 Å². The fourth-order valence-electron chi connectivity index (χ4n) is 2.84. The number of anilines is 2. The molecule has 1 amide bonds. The Morgan fingerprint density at radius 2 is 1.83 bits per heavy atom. The summed E-state index contributed by atoms with van der Waals surface area (Å²) in [7, 11) is -0.705. The Hall–Kier alpha value is -2.94. The number of ether oxygens (including phenoxy) is 3. The highest BCUT2D eigenvalue weighted by Gasteiger charge is 2.32. The summed E-state index contributed by atoms with van der Waals surface area (Å²) < 4.78 is 43.8. The Bertz CT molecular complexity index is 1030. The fraction of sp³-hybridized carbons (Fsp3) is 0.350. The molecule has 1 aliphatic heterocycles.